The highest BCUT2D eigenvalue weighted by Gasteiger charge is 2.35. The number of imidazole rings is 1. The fraction of sp³-hybridized carbons (Fsp3) is 0.429. The van der Waals surface area contributed by atoms with Crippen molar-refractivity contribution in [3.05, 3.63) is 29.5 Å². The second-order valence-corrected chi connectivity index (χ2v) is 6.17. The van der Waals surface area contributed by atoms with Gasteiger partial charge >= 0.3 is 0 Å². The minimum absolute atomic E-state index is 0.304. The molecule has 1 fully saturated rings. The maximum Gasteiger partial charge on any atom is 0.226 e. The minimum atomic E-state index is 0.304. The van der Waals surface area contributed by atoms with Gasteiger partial charge in [-0.25, -0.2) is 4.98 Å². The Bertz CT molecular complexity index is 613. The van der Waals surface area contributed by atoms with Gasteiger partial charge in [0.15, 0.2) is 0 Å². The van der Waals surface area contributed by atoms with E-state index in [0.717, 1.165) is 31.8 Å². The van der Waals surface area contributed by atoms with E-state index in [9.17, 15) is 4.79 Å². The van der Waals surface area contributed by atoms with Crippen molar-refractivity contribution in [2.24, 2.45) is 5.92 Å². The molecule has 98 valence electrons. The lowest BCUT2D eigenvalue weighted by molar-refractivity contribution is -0.134. The van der Waals surface area contributed by atoms with Crippen molar-refractivity contribution in [1.82, 2.24) is 14.5 Å². The van der Waals surface area contributed by atoms with Crippen molar-refractivity contribution in [1.29, 1.82) is 0 Å². The number of fused-ring (bicyclic) bond motifs is 1. The predicted molar refractivity (Wildman–Crippen MR) is 73.7 cm³/mol. The first-order chi connectivity index (χ1) is 9.33. The Morgan fingerprint density at radius 3 is 3.00 bits per heavy atom. The van der Waals surface area contributed by atoms with Crippen LogP contribution in [0.25, 0.3) is 10.6 Å². The van der Waals surface area contributed by atoms with E-state index in [1.54, 1.807) is 11.3 Å². The largest absolute Gasteiger partial charge is 0.333 e. The van der Waals surface area contributed by atoms with E-state index in [-0.39, 0.29) is 0 Å². The Labute approximate surface area is 115 Å². The number of hydrogen-bond donors (Lipinski definition) is 0. The highest BCUT2D eigenvalue weighted by Crippen LogP contribution is 2.33. The first-order valence-electron chi connectivity index (χ1n) is 6.70. The third-order valence-electron chi connectivity index (χ3n) is 3.88. The lowest BCUT2D eigenvalue weighted by Gasteiger charge is -2.28. The molecule has 2 aromatic rings. The van der Waals surface area contributed by atoms with Crippen LogP contribution < -0.4 is 0 Å². The van der Waals surface area contributed by atoms with Crippen molar-refractivity contribution < 1.29 is 4.79 Å². The molecule has 0 bridgehead atoms. The van der Waals surface area contributed by atoms with Crippen LogP contribution in [0.15, 0.2) is 23.7 Å². The summed E-state index contributed by atoms with van der Waals surface area (Å²) in [6, 6.07) is 4.18. The fourth-order valence-corrected chi connectivity index (χ4v) is 3.40. The highest BCUT2D eigenvalue weighted by atomic mass is 32.1. The second-order valence-electron chi connectivity index (χ2n) is 5.22. The summed E-state index contributed by atoms with van der Waals surface area (Å²) in [4.78, 5) is 19.8. The van der Waals surface area contributed by atoms with Crippen molar-refractivity contribution in [3.8, 4) is 10.6 Å². The summed E-state index contributed by atoms with van der Waals surface area (Å²) in [6.07, 6.45) is 4.08. The molecule has 1 aliphatic carbocycles. The lowest BCUT2D eigenvalue weighted by atomic mass is 10.2. The van der Waals surface area contributed by atoms with Gasteiger partial charge in [0.25, 0.3) is 0 Å². The molecule has 19 heavy (non-hydrogen) atoms. The molecule has 1 amide bonds. The minimum Gasteiger partial charge on any atom is -0.333 e. The zero-order valence-corrected chi connectivity index (χ0v) is 11.4. The molecule has 0 N–H and O–H groups in total. The molecule has 3 heterocycles. The van der Waals surface area contributed by atoms with Crippen LogP contribution in [-0.4, -0.2) is 26.9 Å². The second kappa shape index (κ2) is 4.20. The van der Waals surface area contributed by atoms with Gasteiger partial charge in [-0.05, 0) is 24.3 Å². The number of hydrogen-bond acceptors (Lipinski definition) is 3. The number of thiophene rings is 1. The molecule has 4 rings (SSSR count). The van der Waals surface area contributed by atoms with Gasteiger partial charge in [-0.1, -0.05) is 6.07 Å². The van der Waals surface area contributed by atoms with E-state index in [1.807, 2.05) is 11.1 Å². The van der Waals surface area contributed by atoms with E-state index in [0.29, 0.717) is 18.4 Å². The Balaban J connectivity index is 1.61. The molecule has 2 aliphatic rings. The van der Waals surface area contributed by atoms with Crippen LogP contribution in [0.3, 0.4) is 0 Å². The Morgan fingerprint density at radius 1 is 1.37 bits per heavy atom. The SMILES string of the molecule is O=C(C1CC1)N1CCn2c(-c3cccs3)cnc2C1. The smallest absolute Gasteiger partial charge is 0.226 e. The van der Waals surface area contributed by atoms with Crippen molar-refractivity contribution in [2.75, 3.05) is 6.54 Å². The number of nitrogens with zero attached hydrogens (tertiary/aromatic N) is 3. The number of aromatic nitrogens is 2. The number of rotatable bonds is 2. The molecule has 0 radical (unpaired) electrons. The van der Waals surface area contributed by atoms with Crippen LogP contribution in [0.2, 0.25) is 0 Å². The van der Waals surface area contributed by atoms with Crippen LogP contribution in [0.1, 0.15) is 18.7 Å². The van der Waals surface area contributed by atoms with E-state index < -0.39 is 0 Å². The molecule has 0 aromatic carbocycles. The molecule has 0 spiro atoms. The molecule has 0 atom stereocenters. The number of amides is 1. The molecule has 1 aliphatic heterocycles. The molecule has 2 aromatic heterocycles. The normalized spacial score (nSPS) is 18.4. The van der Waals surface area contributed by atoms with Crippen molar-refractivity contribution in [3.63, 3.8) is 0 Å². The molecular formula is C14H15N3OS. The Morgan fingerprint density at radius 2 is 2.26 bits per heavy atom. The molecular weight excluding hydrogens is 258 g/mol. The van der Waals surface area contributed by atoms with Gasteiger partial charge < -0.3 is 9.47 Å². The average Bonchev–Trinajstić information content (AvgIpc) is 2.99. The van der Waals surface area contributed by atoms with Gasteiger partial charge in [0.1, 0.15) is 5.82 Å². The molecule has 0 unspecified atom stereocenters. The van der Waals surface area contributed by atoms with Gasteiger partial charge in [0.2, 0.25) is 5.91 Å². The summed E-state index contributed by atoms with van der Waals surface area (Å²) in [5, 5.41) is 2.08. The first-order valence-corrected chi connectivity index (χ1v) is 7.58. The van der Waals surface area contributed by atoms with Crippen molar-refractivity contribution >= 4 is 17.2 Å². The Hall–Kier alpha value is -1.62. The fourth-order valence-electron chi connectivity index (χ4n) is 2.66. The Kier molecular flexibility index (Phi) is 2.48. The van der Waals surface area contributed by atoms with E-state index >= 15 is 0 Å². The predicted octanol–water partition coefficient (Wildman–Crippen LogP) is 2.36. The van der Waals surface area contributed by atoms with Crippen LogP contribution in [0.5, 0.6) is 0 Å². The summed E-state index contributed by atoms with van der Waals surface area (Å²) in [5.74, 6) is 1.65. The van der Waals surface area contributed by atoms with Crippen LogP contribution in [0, 0.1) is 5.92 Å². The summed E-state index contributed by atoms with van der Waals surface area (Å²) < 4.78 is 2.25. The van der Waals surface area contributed by atoms with E-state index in [4.69, 9.17) is 0 Å². The zero-order valence-electron chi connectivity index (χ0n) is 10.6. The van der Waals surface area contributed by atoms with Gasteiger partial charge in [0, 0.05) is 19.0 Å². The van der Waals surface area contributed by atoms with Crippen LogP contribution >= 0.6 is 11.3 Å². The summed E-state index contributed by atoms with van der Waals surface area (Å²) in [5.41, 5.74) is 1.18. The highest BCUT2D eigenvalue weighted by molar-refractivity contribution is 7.13. The maximum atomic E-state index is 12.1. The van der Waals surface area contributed by atoms with E-state index in [1.165, 1.54) is 10.6 Å². The van der Waals surface area contributed by atoms with Crippen LogP contribution in [-0.2, 0) is 17.9 Å². The number of carbonyl (C=O) groups excluding carboxylic acids is 1. The third kappa shape index (κ3) is 1.89. The molecule has 5 heteroatoms. The lowest BCUT2D eigenvalue weighted by Crippen LogP contribution is -2.39. The third-order valence-corrected chi connectivity index (χ3v) is 4.77. The summed E-state index contributed by atoms with van der Waals surface area (Å²) in [6.45, 7) is 2.35. The standard InChI is InChI=1S/C14H15N3OS/c18-14(10-3-4-10)16-5-6-17-11(8-15-13(17)9-16)12-2-1-7-19-12/h1-2,7-8,10H,3-6,9H2. The topological polar surface area (TPSA) is 38.1 Å². The maximum absolute atomic E-state index is 12.1. The molecule has 4 nitrogen and oxygen atoms in total. The van der Waals surface area contributed by atoms with Crippen LogP contribution in [0.4, 0.5) is 0 Å². The van der Waals surface area contributed by atoms with Gasteiger partial charge in [-0.15, -0.1) is 11.3 Å². The van der Waals surface area contributed by atoms with E-state index in [2.05, 4.69) is 27.1 Å². The zero-order chi connectivity index (χ0) is 12.8. The summed E-state index contributed by atoms with van der Waals surface area (Å²) >= 11 is 1.73. The first kappa shape index (κ1) is 11.2. The van der Waals surface area contributed by atoms with Crippen molar-refractivity contribution in [2.45, 2.75) is 25.9 Å². The summed E-state index contributed by atoms with van der Waals surface area (Å²) in [7, 11) is 0. The quantitative estimate of drug-likeness (QED) is 0.842. The monoisotopic (exact) mass is 273 g/mol. The molecule has 0 saturated heterocycles. The number of carbonyl (C=O) groups is 1. The van der Waals surface area contributed by atoms with Gasteiger partial charge in [-0.3, -0.25) is 4.79 Å². The van der Waals surface area contributed by atoms with Gasteiger partial charge in [-0.2, -0.15) is 0 Å². The van der Waals surface area contributed by atoms with Gasteiger partial charge in [0.05, 0.1) is 23.3 Å². The average molecular weight is 273 g/mol. The molecule has 1 saturated carbocycles.